The minimum absolute atomic E-state index is 0.115. The lowest BCUT2D eigenvalue weighted by atomic mass is 9.85. The molecule has 2 aliphatic rings. The van der Waals surface area contributed by atoms with Crippen LogP contribution in [0.15, 0.2) is 37.1 Å². The number of hydrogen-bond donors (Lipinski definition) is 0. The van der Waals surface area contributed by atoms with Gasteiger partial charge >= 0.3 is 0 Å². The first-order valence-electron chi connectivity index (χ1n) is 7.42. The monoisotopic (exact) mass is 299 g/mol. The van der Waals surface area contributed by atoms with E-state index in [1.807, 2.05) is 6.07 Å². The Hall–Kier alpha value is -2.28. The van der Waals surface area contributed by atoms with E-state index in [0.717, 1.165) is 31.9 Å². The van der Waals surface area contributed by atoms with Gasteiger partial charge in [-0.25, -0.2) is 15.0 Å². The van der Waals surface area contributed by atoms with Gasteiger partial charge in [-0.05, 0) is 6.07 Å². The Balaban J connectivity index is 1.38. The number of nitrogens with zero attached hydrogens (tertiary/aromatic N) is 5. The topological polar surface area (TPSA) is 73.3 Å². The van der Waals surface area contributed by atoms with Gasteiger partial charge in [-0.15, -0.1) is 0 Å². The Kier molecular flexibility index (Phi) is 3.34. The van der Waals surface area contributed by atoms with Crippen LogP contribution in [0.4, 0.5) is 5.95 Å². The molecule has 2 fully saturated rings. The van der Waals surface area contributed by atoms with Crippen LogP contribution in [0.3, 0.4) is 0 Å². The van der Waals surface area contributed by atoms with Crippen LogP contribution in [0.2, 0.25) is 0 Å². The van der Waals surface area contributed by atoms with Crippen molar-refractivity contribution in [1.82, 2.24) is 19.9 Å². The van der Waals surface area contributed by atoms with Gasteiger partial charge in [-0.2, -0.15) is 0 Å². The first-order valence-corrected chi connectivity index (χ1v) is 7.42. The van der Waals surface area contributed by atoms with E-state index in [9.17, 15) is 0 Å². The molecule has 2 aliphatic heterocycles. The molecule has 1 spiro atoms. The quantitative estimate of drug-likeness (QED) is 0.839. The maximum Gasteiger partial charge on any atom is 0.232 e. The van der Waals surface area contributed by atoms with Gasteiger partial charge in [0.1, 0.15) is 11.7 Å². The van der Waals surface area contributed by atoms with Gasteiger partial charge in [-0.1, -0.05) is 0 Å². The fourth-order valence-electron chi connectivity index (χ4n) is 3.07. The van der Waals surface area contributed by atoms with Crippen molar-refractivity contribution in [2.45, 2.75) is 24.5 Å². The maximum atomic E-state index is 6.01. The van der Waals surface area contributed by atoms with Gasteiger partial charge in [0.25, 0.3) is 0 Å². The molecule has 22 heavy (non-hydrogen) atoms. The molecular weight excluding hydrogens is 282 g/mol. The van der Waals surface area contributed by atoms with Crippen LogP contribution in [0, 0.1) is 0 Å². The first kappa shape index (κ1) is 13.4. The summed E-state index contributed by atoms with van der Waals surface area (Å²) in [5.41, 5.74) is -0.148. The zero-order valence-corrected chi connectivity index (χ0v) is 12.1. The Bertz CT molecular complexity index is 618. The van der Waals surface area contributed by atoms with Crippen molar-refractivity contribution in [2.75, 3.05) is 24.6 Å². The summed E-state index contributed by atoms with van der Waals surface area (Å²) in [7, 11) is 0. The Morgan fingerprint density at radius 3 is 2.77 bits per heavy atom. The van der Waals surface area contributed by atoms with Gasteiger partial charge in [0.15, 0.2) is 0 Å². The standard InChI is InChI=1S/C15H17N5O2/c1-3-18-14(19-4-1)20-10-15(11-20)8-12(2-7-21-15)22-13-9-16-5-6-17-13/h1,3-6,9,12H,2,7-8,10-11H2/t12-/m0/s1. The molecule has 0 saturated carbocycles. The lowest BCUT2D eigenvalue weighted by Gasteiger charge is -2.52. The van der Waals surface area contributed by atoms with Gasteiger partial charge in [0, 0.05) is 37.6 Å². The zero-order chi connectivity index (χ0) is 14.8. The molecule has 0 bridgehead atoms. The number of ether oxygens (including phenoxy) is 2. The third-order valence-electron chi connectivity index (χ3n) is 4.07. The van der Waals surface area contributed by atoms with E-state index in [4.69, 9.17) is 9.47 Å². The van der Waals surface area contributed by atoms with E-state index >= 15 is 0 Å². The Morgan fingerprint density at radius 1 is 1.14 bits per heavy atom. The molecule has 7 nitrogen and oxygen atoms in total. The smallest absolute Gasteiger partial charge is 0.232 e. The second-order valence-corrected chi connectivity index (χ2v) is 5.71. The van der Waals surface area contributed by atoms with E-state index < -0.39 is 0 Å². The molecule has 4 heterocycles. The fraction of sp³-hybridized carbons (Fsp3) is 0.467. The molecule has 0 unspecified atom stereocenters. The van der Waals surface area contributed by atoms with Crippen molar-refractivity contribution >= 4 is 5.95 Å². The lowest BCUT2D eigenvalue weighted by molar-refractivity contribution is -0.127. The van der Waals surface area contributed by atoms with E-state index in [1.165, 1.54) is 0 Å². The van der Waals surface area contributed by atoms with E-state index in [-0.39, 0.29) is 11.7 Å². The Morgan fingerprint density at radius 2 is 2.00 bits per heavy atom. The van der Waals surface area contributed by atoms with Crippen LogP contribution in [-0.2, 0) is 4.74 Å². The fourth-order valence-corrected chi connectivity index (χ4v) is 3.07. The van der Waals surface area contributed by atoms with Crippen molar-refractivity contribution < 1.29 is 9.47 Å². The third-order valence-corrected chi connectivity index (χ3v) is 4.07. The molecule has 0 radical (unpaired) electrons. The predicted octanol–water partition coefficient (Wildman–Crippen LogP) is 1.08. The SMILES string of the molecule is c1cnc(N2CC3(C[C@@H](Oc4cnccn4)CCO3)C2)nc1. The highest BCUT2D eigenvalue weighted by molar-refractivity contribution is 5.37. The molecule has 7 heteroatoms. The minimum atomic E-state index is -0.148. The average molecular weight is 299 g/mol. The molecule has 2 aromatic heterocycles. The van der Waals surface area contributed by atoms with E-state index in [1.54, 1.807) is 31.0 Å². The van der Waals surface area contributed by atoms with Crippen molar-refractivity contribution in [2.24, 2.45) is 0 Å². The van der Waals surface area contributed by atoms with Crippen LogP contribution < -0.4 is 9.64 Å². The molecule has 0 aliphatic carbocycles. The van der Waals surface area contributed by atoms with Crippen molar-refractivity contribution in [3.8, 4) is 5.88 Å². The normalized spacial score (nSPS) is 23.1. The molecule has 114 valence electrons. The average Bonchev–Trinajstić information content (AvgIpc) is 2.54. The molecule has 2 aromatic rings. The van der Waals surface area contributed by atoms with Gasteiger partial charge in [-0.3, -0.25) is 4.98 Å². The highest BCUT2D eigenvalue weighted by Crippen LogP contribution is 2.36. The molecule has 0 N–H and O–H groups in total. The highest BCUT2D eigenvalue weighted by atomic mass is 16.5. The molecule has 0 amide bonds. The number of rotatable bonds is 3. The second kappa shape index (κ2) is 5.49. The molecule has 2 saturated heterocycles. The van der Waals surface area contributed by atoms with Gasteiger partial charge in [0.2, 0.25) is 11.8 Å². The summed E-state index contributed by atoms with van der Waals surface area (Å²) in [5.74, 6) is 1.33. The van der Waals surface area contributed by atoms with E-state index in [0.29, 0.717) is 12.5 Å². The van der Waals surface area contributed by atoms with Crippen LogP contribution in [-0.4, -0.2) is 51.3 Å². The second-order valence-electron chi connectivity index (χ2n) is 5.71. The zero-order valence-electron chi connectivity index (χ0n) is 12.1. The molecule has 4 rings (SSSR count). The molecule has 1 atom stereocenters. The summed E-state index contributed by atoms with van der Waals surface area (Å²) in [6.45, 7) is 2.31. The summed E-state index contributed by atoms with van der Waals surface area (Å²) >= 11 is 0. The summed E-state index contributed by atoms with van der Waals surface area (Å²) < 4.78 is 11.9. The van der Waals surface area contributed by atoms with Crippen LogP contribution in [0.5, 0.6) is 5.88 Å². The van der Waals surface area contributed by atoms with Crippen LogP contribution in [0.1, 0.15) is 12.8 Å². The maximum absolute atomic E-state index is 6.01. The number of anilines is 1. The van der Waals surface area contributed by atoms with Gasteiger partial charge < -0.3 is 14.4 Å². The third kappa shape index (κ3) is 2.59. The number of aromatic nitrogens is 4. The van der Waals surface area contributed by atoms with E-state index in [2.05, 4.69) is 24.8 Å². The van der Waals surface area contributed by atoms with Crippen LogP contribution >= 0.6 is 0 Å². The van der Waals surface area contributed by atoms with Crippen molar-refractivity contribution in [1.29, 1.82) is 0 Å². The summed E-state index contributed by atoms with van der Waals surface area (Å²) in [6.07, 6.45) is 10.3. The van der Waals surface area contributed by atoms with Gasteiger partial charge in [0.05, 0.1) is 25.9 Å². The van der Waals surface area contributed by atoms with Crippen LogP contribution in [0.25, 0.3) is 0 Å². The largest absolute Gasteiger partial charge is 0.473 e. The number of hydrogen-bond acceptors (Lipinski definition) is 7. The summed E-state index contributed by atoms with van der Waals surface area (Å²) in [5, 5.41) is 0. The minimum Gasteiger partial charge on any atom is -0.473 e. The summed E-state index contributed by atoms with van der Waals surface area (Å²) in [4.78, 5) is 18.9. The van der Waals surface area contributed by atoms with Crippen molar-refractivity contribution in [3.05, 3.63) is 37.1 Å². The Labute approximate surface area is 128 Å². The highest BCUT2D eigenvalue weighted by Gasteiger charge is 2.49. The first-order chi connectivity index (χ1) is 10.8. The molecular formula is C15H17N5O2. The predicted molar refractivity (Wildman–Crippen MR) is 78.6 cm³/mol. The van der Waals surface area contributed by atoms with Crippen molar-refractivity contribution in [3.63, 3.8) is 0 Å². The lowest BCUT2D eigenvalue weighted by Crippen LogP contribution is -2.66. The molecule has 0 aromatic carbocycles. The summed E-state index contributed by atoms with van der Waals surface area (Å²) in [6, 6.07) is 1.82.